The molecule has 0 unspecified atom stereocenters. The summed E-state index contributed by atoms with van der Waals surface area (Å²) in [6, 6.07) is 20.5. The average molecular weight is 494 g/mol. The minimum Gasteiger partial charge on any atom is -0.496 e. The van der Waals surface area contributed by atoms with Crippen molar-refractivity contribution >= 4 is 22.1 Å². The van der Waals surface area contributed by atoms with Crippen LogP contribution in [0.1, 0.15) is 27.8 Å². The summed E-state index contributed by atoms with van der Waals surface area (Å²) < 4.78 is 33.9. The SMILES string of the molecule is COc1ccccc1C=NNC(=O)CN(CCc1ccccc1)S(=O)(=O)c1c(C)cc(C)cc1C. The molecule has 7 nitrogen and oxygen atoms in total. The van der Waals surface area contributed by atoms with E-state index in [0.717, 1.165) is 11.1 Å². The number of nitrogens with zero attached hydrogens (tertiary/aromatic N) is 2. The molecule has 0 aliphatic heterocycles. The number of amides is 1. The van der Waals surface area contributed by atoms with Crippen LogP contribution in [0.5, 0.6) is 5.75 Å². The van der Waals surface area contributed by atoms with Gasteiger partial charge in [-0.05, 0) is 56.0 Å². The highest BCUT2D eigenvalue weighted by Crippen LogP contribution is 2.25. The molecule has 3 rings (SSSR count). The lowest BCUT2D eigenvalue weighted by atomic mass is 10.1. The Balaban J connectivity index is 1.83. The minimum atomic E-state index is -3.93. The number of carbonyl (C=O) groups is 1. The zero-order valence-corrected chi connectivity index (χ0v) is 21.3. The molecule has 0 radical (unpaired) electrons. The highest BCUT2D eigenvalue weighted by Gasteiger charge is 2.29. The maximum absolute atomic E-state index is 13.7. The molecule has 1 N–H and O–H groups in total. The fourth-order valence-corrected chi connectivity index (χ4v) is 5.84. The van der Waals surface area contributed by atoms with Gasteiger partial charge in [0.15, 0.2) is 0 Å². The van der Waals surface area contributed by atoms with Crippen molar-refractivity contribution in [2.45, 2.75) is 32.1 Å². The van der Waals surface area contributed by atoms with Gasteiger partial charge >= 0.3 is 0 Å². The number of carbonyl (C=O) groups excluding carboxylic acids is 1. The summed E-state index contributed by atoms with van der Waals surface area (Å²) in [4.78, 5) is 13.0. The third kappa shape index (κ3) is 6.77. The Bertz CT molecular complexity index is 1280. The van der Waals surface area contributed by atoms with Gasteiger partial charge in [0, 0.05) is 12.1 Å². The first-order chi connectivity index (χ1) is 16.7. The molecule has 0 saturated carbocycles. The summed E-state index contributed by atoms with van der Waals surface area (Å²) in [5, 5.41) is 4.00. The second-order valence-corrected chi connectivity index (χ2v) is 10.2. The third-order valence-corrected chi connectivity index (χ3v) is 7.70. The van der Waals surface area contributed by atoms with Crippen LogP contribution in [0.25, 0.3) is 0 Å². The van der Waals surface area contributed by atoms with Crippen LogP contribution in [-0.4, -0.2) is 45.0 Å². The van der Waals surface area contributed by atoms with Gasteiger partial charge in [-0.1, -0.05) is 60.2 Å². The van der Waals surface area contributed by atoms with Crippen molar-refractivity contribution in [3.05, 3.63) is 94.5 Å². The molecular weight excluding hydrogens is 462 g/mol. The number of para-hydroxylation sites is 1. The number of nitrogens with one attached hydrogen (secondary N) is 1. The second kappa shape index (κ2) is 11.8. The van der Waals surface area contributed by atoms with Gasteiger partial charge in [0.1, 0.15) is 5.75 Å². The van der Waals surface area contributed by atoms with E-state index in [0.29, 0.717) is 28.9 Å². The first-order valence-electron chi connectivity index (χ1n) is 11.3. The number of methoxy groups -OCH3 is 1. The number of hydrogen-bond donors (Lipinski definition) is 1. The fraction of sp³-hybridized carbons (Fsp3) is 0.259. The quantitative estimate of drug-likeness (QED) is 0.342. The van der Waals surface area contributed by atoms with E-state index in [1.165, 1.54) is 10.5 Å². The van der Waals surface area contributed by atoms with Crippen molar-refractivity contribution in [2.24, 2.45) is 5.10 Å². The van der Waals surface area contributed by atoms with Gasteiger partial charge in [0.25, 0.3) is 5.91 Å². The Hall–Kier alpha value is -3.49. The molecule has 3 aromatic rings. The number of hydrazone groups is 1. The van der Waals surface area contributed by atoms with Gasteiger partial charge in [-0.15, -0.1) is 0 Å². The van der Waals surface area contributed by atoms with Crippen molar-refractivity contribution in [2.75, 3.05) is 20.2 Å². The number of hydrogen-bond acceptors (Lipinski definition) is 5. The van der Waals surface area contributed by atoms with Crippen LogP contribution in [0.3, 0.4) is 0 Å². The Morgan fingerprint density at radius 3 is 2.29 bits per heavy atom. The largest absolute Gasteiger partial charge is 0.496 e. The number of aryl methyl sites for hydroxylation is 3. The second-order valence-electron chi connectivity index (χ2n) is 8.34. The maximum atomic E-state index is 13.7. The molecule has 3 aromatic carbocycles. The van der Waals surface area contributed by atoms with Gasteiger partial charge in [-0.2, -0.15) is 9.41 Å². The fourth-order valence-electron chi connectivity index (χ4n) is 4.03. The molecule has 0 heterocycles. The molecule has 184 valence electrons. The van der Waals surface area contributed by atoms with Crippen LogP contribution in [0.2, 0.25) is 0 Å². The van der Waals surface area contributed by atoms with E-state index in [9.17, 15) is 13.2 Å². The molecule has 0 fully saturated rings. The van der Waals surface area contributed by atoms with Crippen LogP contribution in [0.4, 0.5) is 0 Å². The standard InChI is InChI=1S/C27H31N3O4S/c1-20-16-21(2)27(22(3)17-20)35(32,33)30(15-14-23-10-6-5-7-11-23)19-26(31)29-28-18-24-12-8-9-13-25(24)34-4/h5-13,16-18H,14-15,19H2,1-4H3,(H,29,31). The number of ether oxygens (including phenoxy) is 1. The zero-order valence-electron chi connectivity index (χ0n) is 20.5. The Morgan fingerprint density at radius 2 is 1.63 bits per heavy atom. The van der Waals surface area contributed by atoms with Crippen molar-refractivity contribution < 1.29 is 17.9 Å². The Morgan fingerprint density at radius 1 is 1.00 bits per heavy atom. The maximum Gasteiger partial charge on any atom is 0.255 e. The minimum absolute atomic E-state index is 0.156. The first-order valence-corrected chi connectivity index (χ1v) is 12.7. The monoisotopic (exact) mass is 493 g/mol. The van der Waals surface area contributed by atoms with E-state index in [1.807, 2.05) is 61.5 Å². The summed E-state index contributed by atoms with van der Waals surface area (Å²) in [6.07, 6.45) is 1.94. The van der Waals surface area contributed by atoms with Gasteiger partial charge in [0.2, 0.25) is 10.0 Å². The van der Waals surface area contributed by atoms with Crippen LogP contribution < -0.4 is 10.2 Å². The van der Waals surface area contributed by atoms with E-state index >= 15 is 0 Å². The van der Waals surface area contributed by atoms with Crippen molar-refractivity contribution in [3.8, 4) is 5.75 Å². The molecule has 0 aliphatic rings. The van der Waals surface area contributed by atoms with E-state index in [1.54, 1.807) is 33.1 Å². The molecule has 0 aliphatic carbocycles. The number of benzene rings is 3. The summed E-state index contributed by atoms with van der Waals surface area (Å²) in [5.41, 5.74) is 6.41. The van der Waals surface area contributed by atoms with Crippen LogP contribution in [0, 0.1) is 20.8 Å². The van der Waals surface area contributed by atoms with Gasteiger partial charge in [-0.25, -0.2) is 13.8 Å². The molecule has 0 atom stereocenters. The highest BCUT2D eigenvalue weighted by molar-refractivity contribution is 7.89. The number of rotatable bonds is 10. The normalized spacial score (nSPS) is 11.7. The summed E-state index contributed by atoms with van der Waals surface area (Å²) in [5.74, 6) is 0.0816. The molecule has 35 heavy (non-hydrogen) atoms. The lowest BCUT2D eigenvalue weighted by Gasteiger charge is -2.24. The molecule has 1 amide bonds. The molecule has 0 aromatic heterocycles. The van der Waals surface area contributed by atoms with E-state index in [-0.39, 0.29) is 18.0 Å². The average Bonchev–Trinajstić information content (AvgIpc) is 2.81. The summed E-state index contributed by atoms with van der Waals surface area (Å²) >= 11 is 0. The molecule has 0 bridgehead atoms. The zero-order chi connectivity index (χ0) is 25.4. The summed E-state index contributed by atoms with van der Waals surface area (Å²) in [6.45, 7) is 5.28. The molecule has 8 heteroatoms. The van der Waals surface area contributed by atoms with E-state index in [2.05, 4.69) is 10.5 Å². The third-order valence-electron chi connectivity index (χ3n) is 5.55. The summed E-state index contributed by atoms with van der Waals surface area (Å²) in [7, 11) is -2.38. The van der Waals surface area contributed by atoms with Crippen LogP contribution in [-0.2, 0) is 21.2 Å². The van der Waals surface area contributed by atoms with E-state index in [4.69, 9.17) is 4.74 Å². The predicted octanol–water partition coefficient (Wildman–Crippen LogP) is 4.00. The Labute approximate surface area is 207 Å². The molecular formula is C27H31N3O4S. The molecule has 0 spiro atoms. The van der Waals surface area contributed by atoms with Gasteiger partial charge in [-0.3, -0.25) is 4.79 Å². The first kappa shape index (κ1) is 26.1. The van der Waals surface area contributed by atoms with Crippen molar-refractivity contribution in [3.63, 3.8) is 0 Å². The van der Waals surface area contributed by atoms with Crippen LogP contribution in [0.15, 0.2) is 76.7 Å². The Kier molecular flexibility index (Phi) is 8.78. The van der Waals surface area contributed by atoms with E-state index < -0.39 is 15.9 Å². The van der Waals surface area contributed by atoms with Crippen molar-refractivity contribution in [1.82, 2.24) is 9.73 Å². The molecule has 0 saturated heterocycles. The predicted molar refractivity (Wildman–Crippen MR) is 138 cm³/mol. The topological polar surface area (TPSA) is 88.1 Å². The lowest BCUT2D eigenvalue weighted by Crippen LogP contribution is -2.41. The van der Waals surface area contributed by atoms with Gasteiger partial charge in [0.05, 0.1) is 24.8 Å². The smallest absolute Gasteiger partial charge is 0.255 e. The van der Waals surface area contributed by atoms with Gasteiger partial charge < -0.3 is 4.74 Å². The lowest BCUT2D eigenvalue weighted by molar-refractivity contribution is -0.121. The number of sulfonamides is 1. The van der Waals surface area contributed by atoms with Crippen molar-refractivity contribution in [1.29, 1.82) is 0 Å². The highest BCUT2D eigenvalue weighted by atomic mass is 32.2. The van der Waals surface area contributed by atoms with Crippen LogP contribution >= 0.6 is 0 Å².